The molecule has 0 aliphatic rings. The van der Waals surface area contributed by atoms with Gasteiger partial charge in [0.05, 0.1) is 0 Å². The minimum atomic E-state index is -0.102. The number of likely N-dealkylation sites (N-methyl/N-ethyl adjacent to an activating group) is 1. The zero-order valence-corrected chi connectivity index (χ0v) is 14.8. The Hall–Kier alpha value is -2.11. The van der Waals surface area contributed by atoms with Gasteiger partial charge in [0.15, 0.2) is 0 Å². The van der Waals surface area contributed by atoms with Crippen LogP contribution in [0.5, 0.6) is 0 Å². The Bertz CT molecular complexity index is 676. The molecular weight excluding hydrogens is 324 g/mol. The van der Waals surface area contributed by atoms with Gasteiger partial charge in [-0.2, -0.15) is 0 Å². The number of anilines is 1. The molecule has 2 aromatic rings. The Morgan fingerprint density at radius 1 is 1.21 bits per heavy atom. The van der Waals surface area contributed by atoms with E-state index in [4.69, 9.17) is 11.6 Å². The first kappa shape index (κ1) is 18.2. The number of nitrogens with zero attached hydrogens (tertiary/aromatic N) is 2. The van der Waals surface area contributed by atoms with Gasteiger partial charge in [0.2, 0.25) is 0 Å². The van der Waals surface area contributed by atoms with E-state index in [0.717, 1.165) is 25.1 Å². The van der Waals surface area contributed by atoms with E-state index in [1.807, 2.05) is 38.4 Å². The Labute approximate surface area is 148 Å². The zero-order valence-electron chi connectivity index (χ0n) is 14.1. The lowest BCUT2D eigenvalue weighted by Crippen LogP contribution is -2.26. The maximum absolute atomic E-state index is 12.2. The van der Waals surface area contributed by atoms with Crippen LogP contribution in [0.25, 0.3) is 0 Å². The second-order valence-corrected chi connectivity index (χ2v) is 6.23. The van der Waals surface area contributed by atoms with Crippen molar-refractivity contribution in [2.45, 2.75) is 6.42 Å². The van der Waals surface area contributed by atoms with Crippen LogP contribution in [0, 0.1) is 0 Å². The molecule has 0 radical (unpaired) electrons. The lowest BCUT2D eigenvalue weighted by molar-refractivity contribution is 0.0954. The molecule has 2 N–H and O–H groups in total. The normalized spacial score (nSPS) is 10.7. The highest BCUT2D eigenvalue weighted by Crippen LogP contribution is 2.11. The fraction of sp³-hybridized carbons (Fsp3) is 0.333. The van der Waals surface area contributed by atoms with Crippen LogP contribution in [-0.2, 0) is 6.42 Å². The minimum absolute atomic E-state index is 0.102. The number of hydrogen-bond donors (Lipinski definition) is 2. The van der Waals surface area contributed by atoms with Crippen molar-refractivity contribution in [1.29, 1.82) is 0 Å². The zero-order chi connectivity index (χ0) is 17.4. The Morgan fingerprint density at radius 3 is 2.79 bits per heavy atom. The maximum atomic E-state index is 12.2. The summed E-state index contributed by atoms with van der Waals surface area (Å²) in [6.07, 6.45) is 2.38. The number of benzene rings is 1. The smallest absolute Gasteiger partial charge is 0.251 e. The second-order valence-electron chi connectivity index (χ2n) is 5.80. The van der Waals surface area contributed by atoms with E-state index in [1.54, 1.807) is 18.3 Å². The molecule has 128 valence electrons. The van der Waals surface area contributed by atoms with Crippen LogP contribution in [0.1, 0.15) is 15.9 Å². The second kappa shape index (κ2) is 9.25. The fourth-order valence-electron chi connectivity index (χ4n) is 2.19. The van der Waals surface area contributed by atoms with Gasteiger partial charge in [0, 0.05) is 36.4 Å². The summed E-state index contributed by atoms with van der Waals surface area (Å²) >= 11 is 5.96. The lowest BCUT2D eigenvalue weighted by Gasteiger charge is -2.11. The standard InChI is InChI=1S/C18H23ClN4O/c1-23(2)11-10-21-17-13-15(7-9-20-17)18(24)22-8-6-14-4-3-5-16(19)12-14/h3-5,7,9,12-13H,6,8,10-11H2,1-2H3,(H,20,21)(H,22,24). The molecule has 1 aromatic carbocycles. The Morgan fingerprint density at radius 2 is 2.04 bits per heavy atom. The first-order valence-electron chi connectivity index (χ1n) is 7.92. The van der Waals surface area contributed by atoms with Crippen LogP contribution < -0.4 is 10.6 Å². The SMILES string of the molecule is CN(C)CCNc1cc(C(=O)NCCc2cccc(Cl)c2)ccn1. The van der Waals surface area contributed by atoms with Crippen molar-refractivity contribution < 1.29 is 4.79 Å². The van der Waals surface area contributed by atoms with Crippen molar-refractivity contribution >= 4 is 23.3 Å². The molecule has 1 heterocycles. The van der Waals surface area contributed by atoms with Gasteiger partial charge in [-0.05, 0) is 50.3 Å². The third-order valence-corrected chi connectivity index (χ3v) is 3.71. The average molecular weight is 347 g/mol. The van der Waals surface area contributed by atoms with Crippen LogP contribution in [0.2, 0.25) is 5.02 Å². The topological polar surface area (TPSA) is 57.3 Å². The number of aromatic nitrogens is 1. The number of pyridine rings is 1. The van der Waals surface area contributed by atoms with Crippen molar-refractivity contribution in [3.05, 3.63) is 58.7 Å². The predicted octanol–water partition coefficient (Wildman–Crippen LogP) is 2.68. The van der Waals surface area contributed by atoms with Gasteiger partial charge in [-0.25, -0.2) is 4.98 Å². The predicted molar refractivity (Wildman–Crippen MR) is 98.8 cm³/mol. The molecule has 1 aromatic heterocycles. The molecule has 0 saturated carbocycles. The largest absolute Gasteiger partial charge is 0.369 e. The van der Waals surface area contributed by atoms with Crippen molar-refractivity contribution in [2.24, 2.45) is 0 Å². The molecule has 1 amide bonds. The van der Waals surface area contributed by atoms with Crippen molar-refractivity contribution in [1.82, 2.24) is 15.2 Å². The van der Waals surface area contributed by atoms with E-state index in [2.05, 4.69) is 20.5 Å². The number of halogens is 1. The third-order valence-electron chi connectivity index (χ3n) is 3.48. The molecule has 2 rings (SSSR count). The molecule has 0 unspecified atom stereocenters. The van der Waals surface area contributed by atoms with E-state index >= 15 is 0 Å². The number of nitrogens with one attached hydrogen (secondary N) is 2. The molecule has 0 saturated heterocycles. The van der Waals surface area contributed by atoms with Gasteiger partial charge < -0.3 is 15.5 Å². The van der Waals surface area contributed by atoms with E-state index in [1.165, 1.54) is 0 Å². The van der Waals surface area contributed by atoms with E-state index in [-0.39, 0.29) is 5.91 Å². The van der Waals surface area contributed by atoms with Crippen LogP contribution in [0.15, 0.2) is 42.6 Å². The maximum Gasteiger partial charge on any atom is 0.251 e. The van der Waals surface area contributed by atoms with Gasteiger partial charge >= 0.3 is 0 Å². The van der Waals surface area contributed by atoms with E-state index in [0.29, 0.717) is 22.9 Å². The number of carbonyl (C=O) groups is 1. The highest BCUT2D eigenvalue weighted by atomic mass is 35.5. The summed E-state index contributed by atoms with van der Waals surface area (Å²) in [6, 6.07) is 11.1. The molecule has 5 nitrogen and oxygen atoms in total. The first-order chi connectivity index (χ1) is 11.5. The monoisotopic (exact) mass is 346 g/mol. The lowest BCUT2D eigenvalue weighted by atomic mass is 10.1. The first-order valence-corrected chi connectivity index (χ1v) is 8.29. The quantitative estimate of drug-likeness (QED) is 0.771. The molecule has 0 fully saturated rings. The van der Waals surface area contributed by atoms with E-state index < -0.39 is 0 Å². The molecule has 0 spiro atoms. The van der Waals surface area contributed by atoms with Crippen molar-refractivity contribution in [2.75, 3.05) is 39.0 Å². The number of amides is 1. The van der Waals surface area contributed by atoms with Crippen molar-refractivity contribution in [3.63, 3.8) is 0 Å². The van der Waals surface area contributed by atoms with Crippen LogP contribution in [0.3, 0.4) is 0 Å². The molecular formula is C18H23ClN4O. The van der Waals surface area contributed by atoms with E-state index in [9.17, 15) is 4.79 Å². The van der Waals surface area contributed by atoms with Gasteiger partial charge in [0.25, 0.3) is 5.91 Å². The molecule has 0 aliphatic carbocycles. The van der Waals surface area contributed by atoms with Gasteiger partial charge in [-0.3, -0.25) is 4.79 Å². The van der Waals surface area contributed by atoms with Gasteiger partial charge in [0.1, 0.15) is 5.82 Å². The Kier molecular flexibility index (Phi) is 7.03. The van der Waals surface area contributed by atoms with Crippen LogP contribution >= 0.6 is 11.6 Å². The van der Waals surface area contributed by atoms with Gasteiger partial charge in [-0.15, -0.1) is 0 Å². The highest BCUT2D eigenvalue weighted by Gasteiger charge is 2.06. The summed E-state index contributed by atoms with van der Waals surface area (Å²) in [5.41, 5.74) is 1.70. The third kappa shape index (κ3) is 6.18. The highest BCUT2D eigenvalue weighted by molar-refractivity contribution is 6.30. The van der Waals surface area contributed by atoms with Gasteiger partial charge in [-0.1, -0.05) is 23.7 Å². The molecule has 0 atom stereocenters. The summed E-state index contributed by atoms with van der Waals surface area (Å²) in [7, 11) is 4.03. The summed E-state index contributed by atoms with van der Waals surface area (Å²) < 4.78 is 0. The summed E-state index contributed by atoms with van der Waals surface area (Å²) in [4.78, 5) is 18.5. The molecule has 0 bridgehead atoms. The van der Waals surface area contributed by atoms with Crippen LogP contribution in [-0.4, -0.2) is 49.5 Å². The van der Waals surface area contributed by atoms with Crippen LogP contribution in [0.4, 0.5) is 5.82 Å². The molecule has 24 heavy (non-hydrogen) atoms. The molecule has 0 aliphatic heterocycles. The summed E-state index contributed by atoms with van der Waals surface area (Å²) in [5.74, 6) is 0.606. The summed E-state index contributed by atoms with van der Waals surface area (Å²) in [6.45, 7) is 2.24. The number of carbonyl (C=O) groups excluding carboxylic acids is 1. The fourth-order valence-corrected chi connectivity index (χ4v) is 2.40. The Balaban J connectivity index is 1.83. The summed E-state index contributed by atoms with van der Waals surface area (Å²) in [5, 5.41) is 6.84. The van der Waals surface area contributed by atoms with Crippen molar-refractivity contribution in [3.8, 4) is 0 Å². The number of hydrogen-bond acceptors (Lipinski definition) is 4. The average Bonchev–Trinajstić information content (AvgIpc) is 2.55. The minimum Gasteiger partial charge on any atom is -0.369 e. The number of rotatable bonds is 8. The molecule has 6 heteroatoms.